The number of benzene rings is 1. The Kier molecular flexibility index (Phi) is 2.87. The van der Waals surface area contributed by atoms with E-state index in [0.717, 1.165) is 5.56 Å². The molecule has 0 unspecified atom stereocenters. The van der Waals surface area contributed by atoms with Crippen LogP contribution >= 0.6 is 0 Å². The molecule has 0 aliphatic rings. The third-order valence-electron chi connectivity index (χ3n) is 1.76. The number of nitrogens with one attached hydrogen (secondary N) is 2. The Labute approximate surface area is 76.5 Å². The summed E-state index contributed by atoms with van der Waals surface area (Å²) in [4.78, 5) is 10.8. The van der Waals surface area contributed by atoms with Crippen LogP contribution in [0.3, 0.4) is 0 Å². The smallest absolute Gasteiger partial charge is 0.221 e. The summed E-state index contributed by atoms with van der Waals surface area (Å²) in [5, 5.41) is 11.4. The molecule has 70 valence electrons. The summed E-state index contributed by atoms with van der Waals surface area (Å²) >= 11 is 0. The Morgan fingerprint density at radius 3 is 2.54 bits per heavy atom. The predicted molar refractivity (Wildman–Crippen MR) is 50.9 cm³/mol. The third-order valence-corrected chi connectivity index (χ3v) is 1.76. The summed E-state index contributed by atoms with van der Waals surface area (Å²) in [5.74, 6) is -0.127. The van der Waals surface area contributed by atoms with E-state index in [1.165, 1.54) is 6.92 Å². The summed E-state index contributed by atoms with van der Waals surface area (Å²) in [6.07, 6.45) is 0. The van der Waals surface area contributed by atoms with Crippen LogP contribution in [0.25, 0.3) is 0 Å². The first-order chi connectivity index (χ1) is 6.15. The van der Waals surface area contributed by atoms with Crippen LogP contribution in [0.1, 0.15) is 12.5 Å². The molecule has 1 amide bonds. The van der Waals surface area contributed by atoms with Gasteiger partial charge in [0, 0.05) is 12.6 Å². The van der Waals surface area contributed by atoms with Gasteiger partial charge in [-0.25, -0.2) is 0 Å². The maximum Gasteiger partial charge on any atom is 0.221 e. The summed E-state index contributed by atoms with van der Waals surface area (Å²) < 4.78 is 0. The molecule has 0 bridgehead atoms. The number of rotatable bonds is 2. The van der Waals surface area contributed by atoms with E-state index < -0.39 is 0 Å². The average molecular weight is 180 g/mol. The van der Waals surface area contributed by atoms with Crippen LogP contribution in [0.4, 0.5) is 11.4 Å². The van der Waals surface area contributed by atoms with E-state index in [4.69, 9.17) is 5.21 Å². The number of carbonyl (C=O) groups excluding carboxylic acids is 1. The van der Waals surface area contributed by atoms with Crippen molar-refractivity contribution in [2.45, 2.75) is 13.8 Å². The van der Waals surface area contributed by atoms with Crippen LogP contribution in [0.15, 0.2) is 18.2 Å². The van der Waals surface area contributed by atoms with Crippen molar-refractivity contribution in [3.05, 3.63) is 23.8 Å². The number of carbonyl (C=O) groups is 1. The van der Waals surface area contributed by atoms with Gasteiger partial charge in [0.25, 0.3) is 0 Å². The second kappa shape index (κ2) is 3.91. The zero-order chi connectivity index (χ0) is 9.84. The van der Waals surface area contributed by atoms with Gasteiger partial charge >= 0.3 is 0 Å². The van der Waals surface area contributed by atoms with Gasteiger partial charge in [-0.3, -0.25) is 15.5 Å². The van der Waals surface area contributed by atoms with Gasteiger partial charge in [0.2, 0.25) is 5.91 Å². The lowest BCUT2D eigenvalue weighted by Crippen LogP contribution is -2.08. The highest BCUT2D eigenvalue weighted by atomic mass is 16.5. The Morgan fingerprint density at radius 1 is 1.38 bits per heavy atom. The van der Waals surface area contributed by atoms with Crippen LogP contribution in [0, 0.1) is 6.92 Å². The molecule has 0 heterocycles. The highest BCUT2D eigenvalue weighted by Gasteiger charge is 2.03. The third kappa shape index (κ3) is 2.19. The van der Waals surface area contributed by atoms with Crippen molar-refractivity contribution in [1.29, 1.82) is 0 Å². The van der Waals surface area contributed by atoms with Crippen molar-refractivity contribution in [2.75, 3.05) is 10.8 Å². The first-order valence-corrected chi connectivity index (χ1v) is 3.92. The zero-order valence-corrected chi connectivity index (χ0v) is 7.59. The van der Waals surface area contributed by atoms with Crippen molar-refractivity contribution in [3.63, 3.8) is 0 Å². The SMILES string of the molecule is CC(=O)Nc1cccc(NO)c1C. The Bertz CT molecular complexity index is 323. The van der Waals surface area contributed by atoms with Crippen LogP contribution in [0.2, 0.25) is 0 Å². The molecule has 0 spiro atoms. The van der Waals surface area contributed by atoms with Crippen LogP contribution < -0.4 is 10.8 Å². The zero-order valence-electron chi connectivity index (χ0n) is 7.59. The minimum Gasteiger partial charge on any atom is -0.326 e. The molecule has 1 aromatic carbocycles. The van der Waals surface area contributed by atoms with E-state index in [9.17, 15) is 4.79 Å². The monoisotopic (exact) mass is 180 g/mol. The van der Waals surface area contributed by atoms with Gasteiger partial charge in [0.1, 0.15) is 0 Å². The van der Waals surface area contributed by atoms with Gasteiger partial charge in [-0.15, -0.1) is 0 Å². The molecular formula is C9H12N2O2. The summed E-state index contributed by atoms with van der Waals surface area (Å²) in [6, 6.07) is 5.25. The fourth-order valence-corrected chi connectivity index (χ4v) is 1.08. The molecule has 4 heteroatoms. The van der Waals surface area contributed by atoms with Gasteiger partial charge in [0.05, 0.1) is 5.69 Å². The van der Waals surface area contributed by atoms with Gasteiger partial charge in [-0.05, 0) is 24.6 Å². The van der Waals surface area contributed by atoms with E-state index in [1.54, 1.807) is 18.2 Å². The van der Waals surface area contributed by atoms with Gasteiger partial charge in [0.15, 0.2) is 0 Å². The highest BCUT2D eigenvalue weighted by Crippen LogP contribution is 2.22. The lowest BCUT2D eigenvalue weighted by molar-refractivity contribution is -0.114. The molecule has 1 rings (SSSR count). The molecule has 3 N–H and O–H groups in total. The van der Waals surface area contributed by atoms with E-state index in [-0.39, 0.29) is 5.91 Å². The molecule has 0 radical (unpaired) electrons. The van der Waals surface area contributed by atoms with E-state index in [0.29, 0.717) is 11.4 Å². The molecular weight excluding hydrogens is 168 g/mol. The van der Waals surface area contributed by atoms with Crippen LogP contribution in [0.5, 0.6) is 0 Å². The molecule has 0 saturated heterocycles. The average Bonchev–Trinajstić information content (AvgIpc) is 2.08. The first kappa shape index (κ1) is 9.54. The number of anilines is 2. The first-order valence-electron chi connectivity index (χ1n) is 3.92. The molecule has 0 aliphatic heterocycles. The molecule has 0 aliphatic carbocycles. The van der Waals surface area contributed by atoms with E-state index >= 15 is 0 Å². The van der Waals surface area contributed by atoms with Crippen molar-refractivity contribution >= 4 is 17.3 Å². The standard InChI is InChI=1S/C9H12N2O2/c1-6-8(10-7(2)12)4-3-5-9(6)11-13/h3-5,11,13H,1-2H3,(H,10,12). The maximum absolute atomic E-state index is 10.8. The van der Waals surface area contributed by atoms with Crippen LogP contribution in [-0.4, -0.2) is 11.1 Å². The molecule has 0 atom stereocenters. The maximum atomic E-state index is 10.8. The second-order valence-electron chi connectivity index (χ2n) is 2.77. The Hall–Kier alpha value is -1.55. The normalized spacial score (nSPS) is 9.46. The van der Waals surface area contributed by atoms with Crippen molar-refractivity contribution < 1.29 is 10.0 Å². The fraction of sp³-hybridized carbons (Fsp3) is 0.222. The summed E-state index contributed by atoms with van der Waals surface area (Å²) in [7, 11) is 0. The summed E-state index contributed by atoms with van der Waals surface area (Å²) in [6.45, 7) is 3.25. The number of hydrogen-bond donors (Lipinski definition) is 3. The van der Waals surface area contributed by atoms with Gasteiger partial charge in [-0.2, -0.15) is 0 Å². The Morgan fingerprint density at radius 2 is 2.00 bits per heavy atom. The predicted octanol–water partition coefficient (Wildman–Crippen LogP) is 1.75. The van der Waals surface area contributed by atoms with Crippen LogP contribution in [-0.2, 0) is 4.79 Å². The second-order valence-corrected chi connectivity index (χ2v) is 2.77. The number of hydrogen-bond acceptors (Lipinski definition) is 3. The molecule has 1 aromatic rings. The topological polar surface area (TPSA) is 61.4 Å². The van der Waals surface area contributed by atoms with Crippen molar-refractivity contribution in [1.82, 2.24) is 0 Å². The van der Waals surface area contributed by atoms with E-state index in [2.05, 4.69) is 10.8 Å². The minimum absolute atomic E-state index is 0.127. The Balaban J connectivity index is 3.01. The lowest BCUT2D eigenvalue weighted by atomic mass is 10.1. The highest BCUT2D eigenvalue weighted by molar-refractivity contribution is 5.90. The lowest BCUT2D eigenvalue weighted by Gasteiger charge is -2.09. The van der Waals surface area contributed by atoms with E-state index in [1.807, 2.05) is 6.92 Å². The van der Waals surface area contributed by atoms with Crippen molar-refractivity contribution in [2.24, 2.45) is 0 Å². The quantitative estimate of drug-likeness (QED) is 0.607. The fourth-order valence-electron chi connectivity index (χ4n) is 1.08. The minimum atomic E-state index is -0.127. The molecule has 0 fully saturated rings. The molecule has 13 heavy (non-hydrogen) atoms. The number of amides is 1. The molecule has 4 nitrogen and oxygen atoms in total. The summed E-state index contributed by atoms with van der Waals surface area (Å²) in [5.41, 5.74) is 4.15. The molecule has 0 aromatic heterocycles. The van der Waals surface area contributed by atoms with Crippen molar-refractivity contribution in [3.8, 4) is 0 Å². The van der Waals surface area contributed by atoms with Gasteiger partial charge < -0.3 is 5.32 Å². The molecule has 0 saturated carbocycles. The van der Waals surface area contributed by atoms with Gasteiger partial charge in [-0.1, -0.05) is 6.07 Å². The largest absolute Gasteiger partial charge is 0.326 e.